The van der Waals surface area contributed by atoms with Crippen LogP contribution >= 0.6 is 0 Å². The Morgan fingerprint density at radius 2 is 1.93 bits per heavy atom. The van der Waals surface area contributed by atoms with Crippen LogP contribution in [0.15, 0.2) is 29.1 Å². The van der Waals surface area contributed by atoms with Crippen molar-refractivity contribution < 1.29 is 28.2 Å². The predicted molar refractivity (Wildman–Crippen MR) is 98.4 cm³/mol. The highest BCUT2D eigenvalue weighted by molar-refractivity contribution is 5.71. The number of aromatic nitrogens is 1. The Morgan fingerprint density at radius 3 is 2.54 bits per heavy atom. The van der Waals surface area contributed by atoms with Crippen LogP contribution in [-0.4, -0.2) is 36.5 Å². The smallest absolute Gasteiger partial charge is 0.306 e. The summed E-state index contributed by atoms with van der Waals surface area (Å²) in [5, 5.41) is 10.5. The van der Waals surface area contributed by atoms with E-state index >= 15 is 0 Å². The molecule has 0 aliphatic rings. The number of aromatic hydroxyl groups is 1. The third-order valence-corrected chi connectivity index (χ3v) is 4.55. The molecule has 28 heavy (non-hydrogen) atoms. The third-order valence-electron chi connectivity index (χ3n) is 4.55. The van der Waals surface area contributed by atoms with E-state index in [1.165, 1.54) is 23.8 Å². The minimum absolute atomic E-state index is 0.0700. The Bertz CT molecular complexity index is 910. The van der Waals surface area contributed by atoms with Gasteiger partial charge in [0.25, 0.3) is 5.56 Å². The van der Waals surface area contributed by atoms with Crippen LogP contribution < -0.4 is 5.56 Å². The van der Waals surface area contributed by atoms with Crippen molar-refractivity contribution in [2.24, 2.45) is 0 Å². The summed E-state index contributed by atoms with van der Waals surface area (Å²) >= 11 is 0. The van der Waals surface area contributed by atoms with E-state index in [1.807, 2.05) is 0 Å². The van der Waals surface area contributed by atoms with Crippen LogP contribution in [0.5, 0.6) is 5.75 Å². The fraction of sp³-hybridized carbons (Fsp3) is 0.400. The molecule has 8 heteroatoms. The van der Waals surface area contributed by atoms with E-state index in [9.17, 15) is 23.5 Å². The Kier molecular flexibility index (Phi) is 7.28. The first-order chi connectivity index (χ1) is 13.3. The van der Waals surface area contributed by atoms with Gasteiger partial charge < -0.3 is 19.1 Å². The number of carbonyl (C=O) groups is 1. The molecule has 2 aromatic rings. The van der Waals surface area contributed by atoms with Gasteiger partial charge in [-0.2, -0.15) is 0 Å². The van der Waals surface area contributed by atoms with Gasteiger partial charge in [-0.3, -0.25) is 9.59 Å². The molecule has 0 spiro atoms. The van der Waals surface area contributed by atoms with Gasteiger partial charge in [-0.25, -0.2) is 8.78 Å². The van der Waals surface area contributed by atoms with E-state index in [1.54, 1.807) is 14.0 Å². The highest BCUT2D eigenvalue weighted by Crippen LogP contribution is 2.33. The lowest BCUT2D eigenvalue weighted by atomic mass is 9.88. The molecular weight excluding hydrogens is 372 g/mol. The molecule has 0 fully saturated rings. The van der Waals surface area contributed by atoms with Crippen molar-refractivity contribution >= 4 is 5.97 Å². The second-order valence-electron chi connectivity index (χ2n) is 6.39. The maximum Gasteiger partial charge on any atom is 0.306 e. The van der Waals surface area contributed by atoms with E-state index < -0.39 is 29.1 Å². The standard InChI is InChI=1S/C20H23F2NO5/c1-12-9-17(24)19(20(26)23(12)7-4-8-27-2)14(11-18(25)28-3)13-5-6-15(21)16(22)10-13/h5-6,9-10,14,24H,4,7-8,11H2,1-3H3. The van der Waals surface area contributed by atoms with Gasteiger partial charge in [-0.05, 0) is 37.1 Å². The Hall–Kier alpha value is -2.74. The molecule has 2 rings (SSSR count). The Morgan fingerprint density at radius 1 is 1.21 bits per heavy atom. The minimum Gasteiger partial charge on any atom is -0.507 e. The molecule has 0 bridgehead atoms. The first-order valence-electron chi connectivity index (χ1n) is 8.74. The van der Waals surface area contributed by atoms with Crippen LogP contribution in [0.4, 0.5) is 8.78 Å². The van der Waals surface area contributed by atoms with Gasteiger partial charge in [-0.1, -0.05) is 6.07 Å². The van der Waals surface area contributed by atoms with Crippen molar-refractivity contribution in [3.8, 4) is 5.75 Å². The number of aryl methyl sites for hydroxylation is 1. The predicted octanol–water partition coefficient (Wildman–Crippen LogP) is 2.87. The monoisotopic (exact) mass is 395 g/mol. The normalized spacial score (nSPS) is 12.0. The van der Waals surface area contributed by atoms with E-state index in [4.69, 9.17) is 4.74 Å². The van der Waals surface area contributed by atoms with Gasteiger partial charge in [0.2, 0.25) is 0 Å². The van der Waals surface area contributed by atoms with Crippen LogP contribution in [0, 0.1) is 18.6 Å². The largest absolute Gasteiger partial charge is 0.507 e. The van der Waals surface area contributed by atoms with Crippen LogP contribution in [0.1, 0.15) is 35.6 Å². The summed E-state index contributed by atoms with van der Waals surface area (Å²) in [7, 11) is 2.73. The number of hydrogen-bond donors (Lipinski definition) is 1. The van der Waals surface area contributed by atoms with Crippen LogP contribution in [0.3, 0.4) is 0 Å². The molecular formula is C20H23F2NO5. The van der Waals surface area contributed by atoms with Gasteiger partial charge in [0.1, 0.15) is 5.75 Å². The summed E-state index contributed by atoms with van der Waals surface area (Å²) in [6, 6.07) is 4.52. The van der Waals surface area contributed by atoms with Crippen LogP contribution in [0.2, 0.25) is 0 Å². The third kappa shape index (κ3) is 4.75. The summed E-state index contributed by atoms with van der Waals surface area (Å²) in [5.74, 6) is -4.13. The number of pyridine rings is 1. The van der Waals surface area contributed by atoms with Crippen molar-refractivity contribution in [3.63, 3.8) is 0 Å². The summed E-state index contributed by atoms with van der Waals surface area (Å²) < 4.78 is 38.3. The lowest BCUT2D eigenvalue weighted by Gasteiger charge is -2.20. The zero-order valence-electron chi connectivity index (χ0n) is 16.0. The first kappa shape index (κ1) is 21.6. The number of methoxy groups -OCH3 is 2. The molecule has 1 heterocycles. The molecule has 0 aliphatic carbocycles. The SMILES string of the molecule is COCCCn1c(C)cc(O)c(C(CC(=O)OC)c2ccc(F)c(F)c2)c1=O. The molecule has 6 nitrogen and oxygen atoms in total. The minimum atomic E-state index is -1.11. The Balaban J connectivity index is 2.61. The quantitative estimate of drug-likeness (QED) is 0.549. The van der Waals surface area contributed by atoms with Crippen molar-refractivity contribution in [2.45, 2.75) is 32.2 Å². The van der Waals surface area contributed by atoms with Gasteiger partial charge in [0, 0.05) is 31.9 Å². The zero-order valence-corrected chi connectivity index (χ0v) is 16.0. The summed E-state index contributed by atoms with van der Waals surface area (Å²) in [6.07, 6.45) is 0.250. The molecule has 1 unspecified atom stereocenters. The highest BCUT2D eigenvalue weighted by atomic mass is 19.2. The van der Waals surface area contributed by atoms with Crippen LogP contribution in [-0.2, 0) is 20.8 Å². The second kappa shape index (κ2) is 9.45. The van der Waals surface area contributed by atoms with Crippen molar-refractivity contribution in [1.82, 2.24) is 4.57 Å². The highest BCUT2D eigenvalue weighted by Gasteiger charge is 2.27. The second-order valence-corrected chi connectivity index (χ2v) is 6.39. The maximum absolute atomic E-state index is 13.8. The fourth-order valence-corrected chi connectivity index (χ4v) is 3.11. The van der Waals surface area contributed by atoms with E-state index in [2.05, 4.69) is 4.74 Å². The Labute approximate surface area is 161 Å². The molecule has 152 valence electrons. The summed E-state index contributed by atoms with van der Waals surface area (Å²) in [6.45, 7) is 2.45. The van der Waals surface area contributed by atoms with E-state index in [0.29, 0.717) is 25.3 Å². The summed E-state index contributed by atoms with van der Waals surface area (Å²) in [4.78, 5) is 25.0. The number of esters is 1. The molecule has 1 aromatic heterocycles. The lowest BCUT2D eigenvalue weighted by Crippen LogP contribution is -2.29. The van der Waals surface area contributed by atoms with Gasteiger partial charge in [-0.15, -0.1) is 0 Å². The van der Waals surface area contributed by atoms with Crippen molar-refractivity contribution in [1.29, 1.82) is 0 Å². The van der Waals surface area contributed by atoms with E-state index in [-0.39, 0.29) is 23.3 Å². The van der Waals surface area contributed by atoms with Gasteiger partial charge in [0.05, 0.1) is 19.1 Å². The molecule has 0 saturated heterocycles. The summed E-state index contributed by atoms with van der Waals surface area (Å²) in [5.41, 5.74) is 0.139. The number of nitrogens with zero attached hydrogens (tertiary/aromatic N) is 1. The lowest BCUT2D eigenvalue weighted by molar-refractivity contribution is -0.140. The molecule has 0 aliphatic heterocycles. The van der Waals surface area contributed by atoms with Gasteiger partial charge >= 0.3 is 5.97 Å². The molecule has 1 atom stereocenters. The molecule has 0 amide bonds. The number of carbonyl (C=O) groups excluding carboxylic acids is 1. The fourth-order valence-electron chi connectivity index (χ4n) is 3.11. The molecule has 0 saturated carbocycles. The molecule has 0 radical (unpaired) electrons. The van der Waals surface area contributed by atoms with Crippen LogP contribution in [0.25, 0.3) is 0 Å². The van der Waals surface area contributed by atoms with Crippen molar-refractivity contribution in [3.05, 3.63) is 63.1 Å². The maximum atomic E-state index is 13.8. The zero-order chi connectivity index (χ0) is 20.8. The first-order valence-corrected chi connectivity index (χ1v) is 8.74. The number of ether oxygens (including phenoxy) is 2. The van der Waals surface area contributed by atoms with E-state index in [0.717, 1.165) is 12.1 Å². The number of hydrogen-bond acceptors (Lipinski definition) is 5. The average molecular weight is 395 g/mol. The molecule has 1 aromatic carbocycles. The topological polar surface area (TPSA) is 77.8 Å². The average Bonchev–Trinajstić information content (AvgIpc) is 2.65. The number of halogens is 2. The number of rotatable bonds is 8. The van der Waals surface area contributed by atoms with Gasteiger partial charge in [0.15, 0.2) is 11.6 Å². The molecule has 1 N–H and O–H groups in total. The van der Waals surface area contributed by atoms with Crippen molar-refractivity contribution in [2.75, 3.05) is 20.8 Å². The number of benzene rings is 1.